The second-order valence-electron chi connectivity index (χ2n) is 8.26. The molecule has 0 spiro atoms. The molecule has 2 heterocycles. The maximum absolute atomic E-state index is 11.2. The summed E-state index contributed by atoms with van der Waals surface area (Å²) in [4.78, 5) is 2.15. The minimum Gasteiger partial charge on any atom is -0.493 e. The first-order valence-corrected chi connectivity index (χ1v) is 11.4. The van der Waals surface area contributed by atoms with Gasteiger partial charge in [0.15, 0.2) is 11.5 Å². The lowest BCUT2D eigenvalue weighted by Gasteiger charge is -2.30. The van der Waals surface area contributed by atoms with Gasteiger partial charge in [0.05, 0.1) is 26.9 Å². The van der Waals surface area contributed by atoms with E-state index in [0.29, 0.717) is 61.7 Å². The number of ether oxygens (including phenoxy) is 4. The standard InChI is InChI=1S/C24H29ClN4O5/c1-31-23-12-19(2-7-22(23)33-11-9-29-17-26-27-18-29)13-28-8-10-32-15-24(30,14-28)16-34-21-5-3-20(25)4-6-21/h2-7,12,17-18,30H,8-11,13-16H2,1H3/t24-/m1/s1. The molecule has 2 aromatic carbocycles. The Morgan fingerprint density at radius 3 is 2.65 bits per heavy atom. The van der Waals surface area contributed by atoms with Crippen LogP contribution in [0.4, 0.5) is 0 Å². The van der Waals surface area contributed by atoms with Crippen molar-refractivity contribution in [1.29, 1.82) is 0 Å². The molecule has 0 amide bonds. The smallest absolute Gasteiger partial charge is 0.161 e. The Kier molecular flexibility index (Phi) is 8.23. The summed E-state index contributed by atoms with van der Waals surface area (Å²) in [5.74, 6) is 1.98. The largest absolute Gasteiger partial charge is 0.493 e. The lowest BCUT2D eigenvalue weighted by atomic mass is 10.1. The average molecular weight is 489 g/mol. The second-order valence-corrected chi connectivity index (χ2v) is 8.70. The number of nitrogens with zero attached hydrogens (tertiary/aromatic N) is 4. The van der Waals surface area contributed by atoms with Crippen LogP contribution in [0.5, 0.6) is 17.2 Å². The molecular weight excluding hydrogens is 460 g/mol. The fourth-order valence-electron chi connectivity index (χ4n) is 3.75. The van der Waals surface area contributed by atoms with E-state index in [-0.39, 0.29) is 13.2 Å². The summed E-state index contributed by atoms with van der Waals surface area (Å²) < 4.78 is 24.8. The van der Waals surface area contributed by atoms with Gasteiger partial charge in [-0.3, -0.25) is 4.90 Å². The number of benzene rings is 2. The van der Waals surface area contributed by atoms with Crippen LogP contribution in [0.2, 0.25) is 5.02 Å². The lowest BCUT2D eigenvalue weighted by molar-refractivity contribution is -0.0646. The van der Waals surface area contributed by atoms with E-state index in [1.54, 1.807) is 44.0 Å². The summed E-state index contributed by atoms with van der Waals surface area (Å²) in [5.41, 5.74) is -0.0864. The fourth-order valence-corrected chi connectivity index (χ4v) is 3.88. The third-order valence-electron chi connectivity index (χ3n) is 5.47. The van der Waals surface area contributed by atoms with E-state index in [2.05, 4.69) is 15.1 Å². The van der Waals surface area contributed by atoms with Gasteiger partial charge in [-0.25, -0.2) is 0 Å². The fraction of sp³-hybridized carbons (Fsp3) is 0.417. The molecule has 1 aliphatic heterocycles. The molecule has 1 saturated heterocycles. The van der Waals surface area contributed by atoms with Gasteiger partial charge in [0.1, 0.15) is 37.2 Å². The zero-order valence-corrected chi connectivity index (χ0v) is 19.9. The first kappa shape index (κ1) is 24.3. The molecule has 10 heteroatoms. The molecule has 0 unspecified atom stereocenters. The summed E-state index contributed by atoms with van der Waals surface area (Å²) in [7, 11) is 1.62. The molecule has 3 aromatic rings. The van der Waals surface area contributed by atoms with Crippen LogP contribution in [-0.4, -0.2) is 77.0 Å². The van der Waals surface area contributed by atoms with Crippen LogP contribution in [0.3, 0.4) is 0 Å². The molecule has 0 saturated carbocycles. The maximum Gasteiger partial charge on any atom is 0.161 e. The van der Waals surface area contributed by atoms with Gasteiger partial charge in [0, 0.05) is 24.7 Å². The molecule has 1 atom stereocenters. The topological polar surface area (TPSA) is 91.1 Å². The Morgan fingerprint density at radius 2 is 1.88 bits per heavy atom. The number of aliphatic hydroxyl groups is 1. The number of aromatic nitrogens is 3. The second kappa shape index (κ2) is 11.5. The molecule has 182 valence electrons. The van der Waals surface area contributed by atoms with E-state index in [1.807, 2.05) is 22.8 Å². The quantitative estimate of drug-likeness (QED) is 0.466. The van der Waals surface area contributed by atoms with Crippen LogP contribution in [0.15, 0.2) is 55.1 Å². The van der Waals surface area contributed by atoms with Crippen molar-refractivity contribution in [1.82, 2.24) is 19.7 Å². The predicted octanol–water partition coefficient (Wildman–Crippen LogP) is 2.66. The third kappa shape index (κ3) is 6.83. The van der Waals surface area contributed by atoms with Crippen molar-refractivity contribution in [2.45, 2.75) is 18.7 Å². The van der Waals surface area contributed by atoms with E-state index in [4.69, 9.17) is 30.5 Å². The predicted molar refractivity (Wildman–Crippen MR) is 127 cm³/mol. The van der Waals surface area contributed by atoms with Gasteiger partial charge in [-0.15, -0.1) is 10.2 Å². The lowest BCUT2D eigenvalue weighted by Crippen LogP contribution is -2.48. The first-order valence-electron chi connectivity index (χ1n) is 11.1. The van der Waals surface area contributed by atoms with Gasteiger partial charge in [-0.1, -0.05) is 17.7 Å². The van der Waals surface area contributed by atoms with Crippen LogP contribution in [0.1, 0.15) is 5.56 Å². The van der Waals surface area contributed by atoms with Crippen LogP contribution < -0.4 is 14.2 Å². The number of halogens is 1. The van der Waals surface area contributed by atoms with E-state index >= 15 is 0 Å². The summed E-state index contributed by atoms with van der Waals surface area (Å²) >= 11 is 5.93. The Bertz CT molecular complexity index is 1030. The van der Waals surface area contributed by atoms with Crippen molar-refractivity contribution in [3.63, 3.8) is 0 Å². The molecule has 0 radical (unpaired) electrons. The highest BCUT2D eigenvalue weighted by atomic mass is 35.5. The minimum absolute atomic E-state index is 0.119. The van der Waals surface area contributed by atoms with E-state index in [9.17, 15) is 5.11 Å². The third-order valence-corrected chi connectivity index (χ3v) is 5.72. The summed E-state index contributed by atoms with van der Waals surface area (Å²) in [6.07, 6.45) is 3.30. The Hall–Kier alpha value is -2.85. The van der Waals surface area contributed by atoms with Crippen molar-refractivity contribution in [2.24, 2.45) is 0 Å². The van der Waals surface area contributed by atoms with Crippen LogP contribution in [0.25, 0.3) is 0 Å². The average Bonchev–Trinajstić information content (AvgIpc) is 3.29. The first-order chi connectivity index (χ1) is 16.5. The number of rotatable bonds is 10. The van der Waals surface area contributed by atoms with Crippen molar-refractivity contribution >= 4 is 11.6 Å². The van der Waals surface area contributed by atoms with Crippen molar-refractivity contribution < 1.29 is 24.1 Å². The van der Waals surface area contributed by atoms with Crippen molar-refractivity contribution in [2.75, 3.05) is 46.6 Å². The highest BCUT2D eigenvalue weighted by Crippen LogP contribution is 2.29. The molecule has 1 aliphatic rings. The van der Waals surface area contributed by atoms with E-state index in [1.165, 1.54) is 0 Å². The maximum atomic E-state index is 11.2. The van der Waals surface area contributed by atoms with E-state index in [0.717, 1.165) is 5.56 Å². The monoisotopic (exact) mass is 488 g/mol. The summed E-state index contributed by atoms with van der Waals surface area (Å²) in [6, 6.07) is 12.9. The minimum atomic E-state index is -1.13. The van der Waals surface area contributed by atoms with Crippen molar-refractivity contribution in [3.8, 4) is 17.2 Å². The zero-order valence-electron chi connectivity index (χ0n) is 19.1. The van der Waals surface area contributed by atoms with Crippen LogP contribution in [0, 0.1) is 0 Å². The highest BCUT2D eigenvalue weighted by molar-refractivity contribution is 6.30. The molecule has 9 nitrogen and oxygen atoms in total. The number of methoxy groups -OCH3 is 1. The Balaban J connectivity index is 1.34. The molecule has 0 bridgehead atoms. The summed E-state index contributed by atoms with van der Waals surface area (Å²) in [6.45, 7) is 3.71. The SMILES string of the molecule is COc1cc(CN2CCOC[C@@](O)(COc3ccc(Cl)cc3)C2)ccc1OCCn1cnnc1. The normalized spacial score (nSPS) is 18.9. The van der Waals surface area contributed by atoms with Gasteiger partial charge in [-0.05, 0) is 42.0 Å². The van der Waals surface area contributed by atoms with E-state index < -0.39 is 5.60 Å². The van der Waals surface area contributed by atoms with Gasteiger partial charge < -0.3 is 28.6 Å². The number of hydrogen-bond donors (Lipinski definition) is 1. The molecule has 0 aliphatic carbocycles. The van der Waals surface area contributed by atoms with Gasteiger partial charge in [0.2, 0.25) is 0 Å². The van der Waals surface area contributed by atoms with Gasteiger partial charge in [-0.2, -0.15) is 0 Å². The number of β-amino-alcohol motifs (C(OH)–C–C–N with tert-alkyl or cyclic N) is 1. The Morgan fingerprint density at radius 1 is 1.09 bits per heavy atom. The molecule has 1 fully saturated rings. The van der Waals surface area contributed by atoms with Gasteiger partial charge in [0.25, 0.3) is 0 Å². The highest BCUT2D eigenvalue weighted by Gasteiger charge is 2.33. The van der Waals surface area contributed by atoms with Crippen LogP contribution in [-0.2, 0) is 17.8 Å². The number of hydrogen-bond acceptors (Lipinski definition) is 8. The molecule has 4 rings (SSSR count). The molecule has 1 aromatic heterocycles. The molecule has 34 heavy (non-hydrogen) atoms. The van der Waals surface area contributed by atoms with Crippen molar-refractivity contribution in [3.05, 3.63) is 65.7 Å². The summed E-state index contributed by atoms with van der Waals surface area (Å²) in [5, 5.41) is 19.4. The molecular formula is C24H29ClN4O5. The van der Waals surface area contributed by atoms with Gasteiger partial charge >= 0.3 is 0 Å². The molecule has 1 N–H and O–H groups in total. The Labute approximate surface area is 203 Å². The zero-order chi connectivity index (χ0) is 23.8. The van der Waals surface area contributed by atoms with Crippen LogP contribution >= 0.6 is 11.6 Å².